The number of nitrogens with one attached hydrogen (secondary N) is 1. The first-order valence-corrected chi connectivity index (χ1v) is 4.22. The lowest BCUT2D eigenvalue weighted by molar-refractivity contribution is 0.754. The number of hydrogen-bond acceptors (Lipinski definition) is 1. The van der Waals surface area contributed by atoms with E-state index in [-0.39, 0.29) is 0 Å². The minimum absolute atomic E-state index is 1.000. The van der Waals surface area contributed by atoms with Gasteiger partial charge < -0.3 is 5.32 Å². The minimum Gasteiger partial charge on any atom is -0.313 e. The highest BCUT2D eigenvalue weighted by Crippen LogP contribution is 1.85. The molecule has 0 radical (unpaired) electrons. The predicted octanol–water partition coefficient (Wildman–Crippen LogP) is 2.51. The van der Waals surface area contributed by atoms with Gasteiger partial charge in [-0.2, -0.15) is 0 Å². The van der Waals surface area contributed by atoms with Crippen molar-refractivity contribution in [2.24, 2.45) is 0 Å². The third kappa shape index (κ3) is 9.44. The van der Waals surface area contributed by atoms with Crippen LogP contribution < -0.4 is 5.32 Å². The molecule has 0 aliphatic carbocycles. The van der Waals surface area contributed by atoms with Crippen molar-refractivity contribution in [2.45, 2.75) is 27.2 Å². The molecule has 11 heavy (non-hydrogen) atoms. The topological polar surface area (TPSA) is 12.0 Å². The van der Waals surface area contributed by atoms with Crippen molar-refractivity contribution in [3.8, 4) is 0 Å². The lowest BCUT2D eigenvalue weighted by atomic mass is 10.3. The Morgan fingerprint density at radius 1 is 1.36 bits per heavy atom. The molecule has 0 aromatic carbocycles. The molecule has 0 bridgehead atoms. The molecule has 64 valence electrons. The zero-order valence-corrected chi connectivity index (χ0v) is 7.85. The smallest absolute Gasteiger partial charge is 0.0137 e. The quantitative estimate of drug-likeness (QED) is 0.472. The summed E-state index contributed by atoms with van der Waals surface area (Å²) in [6, 6.07) is 0. The highest BCUT2D eigenvalue weighted by Gasteiger charge is 1.80. The Morgan fingerprint density at radius 2 is 2.09 bits per heavy atom. The van der Waals surface area contributed by atoms with Crippen LogP contribution in [0.1, 0.15) is 27.2 Å². The molecular weight excluding hydrogens is 134 g/mol. The van der Waals surface area contributed by atoms with Crippen LogP contribution in [0.5, 0.6) is 0 Å². The van der Waals surface area contributed by atoms with E-state index in [4.69, 9.17) is 0 Å². The lowest BCUT2D eigenvalue weighted by Gasteiger charge is -1.97. The molecule has 0 rings (SSSR count). The van der Waals surface area contributed by atoms with E-state index in [2.05, 4.69) is 44.3 Å². The van der Waals surface area contributed by atoms with Crippen molar-refractivity contribution < 1.29 is 0 Å². The zero-order chi connectivity index (χ0) is 8.53. The van der Waals surface area contributed by atoms with Crippen molar-refractivity contribution in [3.63, 3.8) is 0 Å². The summed E-state index contributed by atoms with van der Waals surface area (Å²) in [5.41, 5.74) is 1.38. The first-order valence-electron chi connectivity index (χ1n) is 4.22. The Balaban J connectivity index is 3.09. The van der Waals surface area contributed by atoms with Gasteiger partial charge in [0.25, 0.3) is 0 Å². The van der Waals surface area contributed by atoms with Gasteiger partial charge in [0.1, 0.15) is 0 Å². The second-order valence-corrected chi connectivity index (χ2v) is 2.84. The standard InChI is InChI=1S/C10H19N/c1-4-5-6-8-11-9-7-10(2)3/h4-5,7,11H,6,8-9H2,1-3H3/b5-4+. The SMILES string of the molecule is C/C=C/CCNCC=C(C)C. The van der Waals surface area contributed by atoms with Crippen LogP contribution in [0, 0.1) is 0 Å². The Bertz CT molecular complexity index is 130. The van der Waals surface area contributed by atoms with E-state index in [9.17, 15) is 0 Å². The Kier molecular flexibility index (Phi) is 7.16. The molecule has 0 aromatic heterocycles. The number of allylic oxidation sites excluding steroid dienone is 2. The zero-order valence-electron chi connectivity index (χ0n) is 7.85. The van der Waals surface area contributed by atoms with E-state index < -0.39 is 0 Å². The second-order valence-electron chi connectivity index (χ2n) is 2.84. The van der Waals surface area contributed by atoms with Crippen LogP contribution >= 0.6 is 0 Å². The lowest BCUT2D eigenvalue weighted by Crippen LogP contribution is -2.14. The summed E-state index contributed by atoms with van der Waals surface area (Å²) in [4.78, 5) is 0. The fourth-order valence-corrected chi connectivity index (χ4v) is 0.730. The van der Waals surface area contributed by atoms with E-state index >= 15 is 0 Å². The van der Waals surface area contributed by atoms with Crippen molar-refractivity contribution in [1.82, 2.24) is 5.32 Å². The third-order valence-electron chi connectivity index (χ3n) is 1.38. The maximum Gasteiger partial charge on any atom is 0.0137 e. The number of rotatable bonds is 5. The molecule has 0 heterocycles. The molecule has 0 amide bonds. The Labute approximate surface area is 70.2 Å². The second kappa shape index (κ2) is 7.55. The van der Waals surface area contributed by atoms with Gasteiger partial charge in [0.15, 0.2) is 0 Å². The van der Waals surface area contributed by atoms with Gasteiger partial charge in [-0.1, -0.05) is 23.8 Å². The molecular formula is C10H19N. The molecule has 0 aromatic rings. The van der Waals surface area contributed by atoms with E-state index in [1.807, 2.05) is 0 Å². The third-order valence-corrected chi connectivity index (χ3v) is 1.38. The minimum atomic E-state index is 1.000. The van der Waals surface area contributed by atoms with Crippen LogP contribution in [-0.4, -0.2) is 13.1 Å². The normalized spacial score (nSPS) is 10.5. The largest absolute Gasteiger partial charge is 0.313 e. The fraction of sp³-hybridized carbons (Fsp3) is 0.600. The summed E-state index contributed by atoms with van der Waals surface area (Å²) >= 11 is 0. The highest BCUT2D eigenvalue weighted by molar-refractivity contribution is 4.94. The van der Waals surface area contributed by atoms with Crippen LogP contribution in [0.4, 0.5) is 0 Å². The molecule has 1 nitrogen and oxygen atoms in total. The fourth-order valence-electron chi connectivity index (χ4n) is 0.730. The molecule has 0 unspecified atom stereocenters. The van der Waals surface area contributed by atoms with E-state index in [1.165, 1.54) is 5.57 Å². The Morgan fingerprint density at radius 3 is 2.64 bits per heavy atom. The van der Waals surface area contributed by atoms with E-state index in [1.54, 1.807) is 0 Å². The monoisotopic (exact) mass is 153 g/mol. The average Bonchev–Trinajstić information content (AvgIpc) is 1.96. The summed E-state index contributed by atoms with van der Waals surface area (Å²) in [5, 5.41) is 3.32. The summed E-state index contributed by atoms with van der Waals surface area (Å²) < 4.78 is 0. The maximum absolute atomic E-state index is 3.32. The highest BCUT2D eigenvalue weighted by atomic mass is 14.8. The van der Waals surface area contributed by atoms with Crippen LogP contribution in [0.25, 0.3) is 0 Å². The number of hydrogen-bond donors (Lipinski definition) is 1. The van der Waals surface area contributed by atoms with Crippen LogP contribution in [0.2, 0.25) is 0 Å². The van der Waals surface area contributed by atoms with Gasteiger partial charge in [-0.3, -0.25) is 0 Å². The van der Waals surface area contributed by atoms with Gasteiger partial charge in [-0.25, -0.2) is 0 Å². The van der Waals surface area contributed by atoms with Crippen molar-refractivity contribution in [1.29, 1.82) is 0 Å². The molecule has 1 heteroatoms. The summed E-state index contributed by atoms with van der Waals surface area (Å²) in [5.74, 6) is 0. The Hall–Kier alpha value is -0.560. The van der Waals surface area contributed by atoms with Crippen molar-refractivity contribution in [3.05, 3.63) is 23.8 Å². The van der Waals surface area contributed by atoms with Gasteiger partial charge in [0, 0.05) is 6.54 Å². The van der Waals surface area contributed by atoms with Crippen molar-refractivity contribution in [2.75, 3.05) is 13.1 Å². The molecule has 0 aliphatic heterocycles. The molecule has 0 fully saturated rings. The van der Waals surface area contributed by atoms with Gasteiger partial charge in [0.05, 0.1) is 0 Å². The summed E-state index contributed by atoms with van der Waals surface area (Å²) in [6.45, 7) is 8.37. The van der Waals surface area contributed by atoms with Crippen LogP contribution in [0.15, 0.2) is 23.8 Å². The van der Waals surface area contributed by atoms with Gasteiger partial charge in [-0.15, -0.1) is 0 Å². The maximum atomic E-state index is 3.32. The van der Waals surface area contributed by atoms with Crippen molar-refractivity contribution >= 4 is 0 Å². The molecule has 0 saturated carbocycles. The summed E-state index contributed by atoms with van der Waals surface area (Å²) in [6.07, 6.45) is 7.60. The first-order chi connectivity index (χ1) is 5.27. The molecule has 0 atom stereocenters. The molecule has 0 saturated heterocycles. The van der Waals surface area contributed by atoms with Crippen LogP contribution in [0.3, 0.4) is 0 Å². The van der Waals surface area contributed by atoms with E-state index in [0.717, 1.165) is 19.5 Å². The predicted molar refractivity (Wildman–Crippen MR) is 51.7 cm³/mol. The average molecular weight is 153 g/mol. The molecule has 0 spiro atoms. The molecule has 1 N–H and O–H groups in total. The first kappa shape index (κ1) is 10.4. The van der Waals surface area contributed by atoms with Crippen LogP contribution in [-0.2, 0) is 0 Å². The van der Waals surface area contributed by atoms with E-state index in [0.29, 0.717) is 0 Å². The van der Waals surface area contributed by atoms with Gasteiger partial charge in [0.2, 0.25) is 0 Å². The van der Waals surface area contributed by atoms with Gasteiger partial charge in [-0.05, 0) is 33.7 Å². The summed E-state index contributed by atoms with van der Waals surface area (Å²) in [7, 11) is 0. The molecule has 0 aliphatic rings. The van der Waals surface area contributed by atoms with Gasteiger partial charge >= 0.3 is 0 Å².